The Morgan fingerprint density at radius 2 is 1.96 bits per heavy atom. The maximum atomic E-state index is 10.9. The van der Waals surface area contributed by atoms with Gasteiger partial charge in [0.25, 0.3) is 0 Å². The molecule has 0 unspecified atom stereocenters. The Kier molecular flexibility index (Phi) is 4.01. The van der Waals surface area contributed by atoms with Gasteiger partial charge in [-0.15, -0.1) is 0 Å². The fourth-order valence-electron chi connectivity index (χ4n) is 2.22. The number of carboxylic acids is 1. The van der Waals surface area contributed by atoms with Gasteiger partial charge in [-0.05, 0) is 35.4 Å². The Hall–Kier alpha value is -3.21. The van der Waals surface area contributed by atoms with Gasteiger partial charge in [0.2, 0.25) is 0 Å². The molecule has 0 amide bonds. The van der Waals surface area contributed by atoms with E-state index in [9.17, 15) is 9.90 Å². The lowest BCUT2D eigenvalue weighted by molar-refractivity contribution is 0.0693. The van der Waals surface area contributed by atoms with Gasteiger partial charge in [0, 0.05) is 11.6 Å². The molecule has 0 saturated heterocycles. The van der Waals surface area contributed by atoms with Crippen molar-refractivity contribution < 1.29 is 24.2 Å². The third-order valence-electron chi connectivity index (χ3n) is 3.39. The molecule has 5 nitrogen and oxygen atoms in total. The minimum Gasteiger partial charge on any atom is -0.507 e. The molecule has 3 aromatic rings. The van der Waals surface area contributed by atoms with Crippen molar-refractivity contribution in [1.29, 1.82) is 0 Å². The minimum absolute atomic E-state index is 0.153. The average Bonchev–Trinajstić information content (AvgIpc) is 3.07. The van der Waals surface area contributed by atoms with Crippen LogP contribution in [0.15, 0.2) is 65.5 Å². The maximum Gasteiger partial charge on any atom is 0.339 e. The van der Waals surface area contributed by atoms with Gasteiger partial charge in [-0.2, -0.15) is 0 Å². The van der Waals surface area contributed by atoms with Crippen molar-refractivity contribution in [2.45, 2.75) is 6.61 Å². The predicted molar refractivity (Wildman–Crippen MR) is 83.5 cm³/mol. The van der Waals surface area contributed by atoms with Crippen LogP contribution in [-0.2, 0) is 6.61 Å². The fraction of sp³-hybridized carbons (Fsp3) is 0.0556. The van der Waals surface area contributed by atoms with Crippen molar-refractivity contribution in [3.8, 4) is 22.6 Å². The van der Waals surface area contributed by atoms with E-state index in [1.807, 2.05) is 30.3 Å². The van der Waals surface area contributed by atoms with E-state index in [2.05, 4.69) is 0 Å². The lowest BCUT2D eigenvalue weighted by atomic mass is 10.1. The topological polar surface area (TPSA) is 79.9 Å². The summed E-state index contributed by atoms with van der Waals surface area (Å²) in [5.41, 5.74) is 2.80. The van der Waals surface area contributed by atoms with Crippen LogP contribution in [0.3, 0.4) is 0 Å². The quantitative estimate of drug-likeness (QED) is 0.746. The van der Waals surface area contributed by atoms with Gasteiger partial charge in [-0.3, -0.25) is 0 Å². The number of carboxylic acid groups (broad SMARTS) is 1. The molecule has 116 valence electrons. The molecular formula is C18H14O5. The predicted octanol–water partition coefficient (Wildman–Crippen LogP) is 3.93. The maximum absolute atomic E-state index is 10.9. The first kappa shape index (κ1) is 14.7. The highest BCUT2D eigenvalue weighted by atomic mass is 16.5. The number of phenols is 1. The summed E-state index contributed by atoms with van der Waals surface area (Å²) in [5, 5.41) is 18.5. The standard InChI is InChI=1S/C18H14O5/c19-17-9-15(4-5-16(17)18(20)21)23-10-12-2-1-3-13(8-12)14-6-7-22-11-14/h1-9,11,19H,10H2,(H,20,21). The van der Waals surface area contributed by atoms with Gasteiger partial charge in [0.1, 0.15) is 23.7 Å². The van der Waals surface area contributed by atoms with Crippen LogP contribution in [0.2, 0.25) is 0 Å². The third-order valence-corrected chi connectivity index (χ3v) is 3.39. The summed E-state index contributed by atoms with van der Waals surface area (Å²) in [7, 11) is 0. The Morgan fingerprint density at radius 1 is 1.09 bits per heavy atom. The van der Waals surface area contributed by atoms with Crippen LogP contribution in [0.4, 0.5) is 0 Å². The highest BCUT2D eigenvalue weighted by molar-refractivity contribution is 5.90. The smallest absolute Gasteiger partial charge is 0.339 e. The second-order valence-corrected chi connectivity index (χ2v) is 4.99. The van der Waals surface area contributed by atoms with Gasteiger partial charge < -0.3 is 19.4 Å². The lowest BCUT2D eigenvalue weighted by Gasteiger charge is -2.09. The molecule has 0 aliphatic rings. The van der Waals surface area contributed by atoms with E-state index < -0.39 is 5.97 Å². The molecular weight excluding hydrogens is 296 g/mol. The molecule has 2 aromatic carbocycles. The number of benzene rings is 2. The van der Waals surface area contributed by atoms with Gasteiger partial charge in [0.05, 0.1) is 12.5 Å². The van der Waals surface area contributed by atoms with Gasteiger partial charge in [0.15, 0.2) is 0 Å². The monoisotopic (exact) mass is 310 g/mol. The van der Waals surface area contributed by atoms with Crippen LogP contribution in [0.25, 0.3) is 11.1 Å². The van der Waals surface area contributed by atoms with Crippen molar-refractivity contribution in [3.63, 3.8) is 0 Å². The Bertz CT molecular complexity index is 821. The Morgan fingerprint density at radius 3 is 2.65 bits per heavy atom. The van der Waals surface area contributed by atoms with Crippen LogP contribution >= 0.6 is 0 Å². The van der Waals surface area contributed by atoms with Crippen LogP contribution < -0.4 is 4.74 Å². The van der Waals surface area contributed by atoms with E-state index in [1.165, 1.54) is 18.2 Å². The summed E-state index contributed by atoms with van der Waals surface area (Å²) in [5.74, 6) is -1.09. The second-order valence-electron chi connectivity index (χ2n) is 4.99. The molecule has 5 heteroatoms. The van der Waals surface area contributed by atoms with E-state index in [0.717, 1.165) is 16.7 Å². The minimum atomic E-state index is -1.18. The number of hydrogen-bond donors (Lipinski definition) is 2. The highest BCUT2D eigenvalue weighted by Gasteiger charge is 2.10. The summed E-state index contributed by atoms with van der Waals surface area (Å²) in [6.45, 7) is 0.303. The molecule has 0 radical (unpaired) electrons. The van der Waals surface area contributed by atoms with Crippen LogP contribution in [-0.4, -0.2) is 16.2 Å². The molecule has 0 fully saturated rings. The Balaban J connectivity index is 1.72. The molecule has 0 bridgehead atoms. The zero-order valence-corrected chi connectivity index (χ0v) is 12.1. The summed E-state index contributed by atoms with van der Waals surface area (Å²) >= 11 is 0. The largest absolute Gasteiger partial charge is 0.507 e. The number of furan rings is 1. The highest BCUT2D eigenvalue weighted by Crippen LogP contribution is 2.25. The van der Waals surface area contributed by atoms with E-state index in [1.54, 1.807) is 12.5 Å². The van der Waals surface area contributed by atoms with Crippen molar-refractivity contribution in [2.75, 3.05) is 0 Å². The number of carbonyl (C=O) groups is 1. The van der Waals surface area contributed by atoms with Gasteiger partial charge in [-0.25, -0.2) is 4.79 Å². The van der Waals surface area contributed by atoms with Crippen LogP contribution in [0.5, 0.6) is 11.5 Å². The number of hydrogen-bond acceptors (Lipinski definition) is 4. The van der Waals surface area contributed by atoms with Crippen molar-refractivity contribution in [2.24, 2.45) is 0 Å². The van der Waals surface area contributed by atoms with Crippen molar-refractivity contribution >= 4 is 5.97 Å². The zero-order chi connectivity index (χ0) is 16.2. The summed E-state index contributed by atoms with van der Waals surface area (Å²) in [6.07, 6.45) is 3.29. The van der Waals surface area contributed by atoms with Crippen LogP contribution in [0.1, 0.15) is 15.9 Å². The zero-order valence-electron chi connectivity index (χ0n) is 12.1. The molecule has 23 heavy (non-hydrogen) atoms. The van der Waals surface area contributed by atoms with E-state index in [-0.39, 0.29) is 11.3 Å². The number of aromatic carboxylic acids is 1. The first-order valence-electron chi connectivity index (χ1n) is 6.94. The fourth-order valence-corrected chi connectivity index (χ4v) is 2.22. The average molecular weight is 310 g/mol. The van der Waals surface area contributed by atoms with E-state index >= 15 is 0 Å². The summed E-state index contributed by atoms with van der Waals surface area (Å²) < 4.78 is 10.7. The number of rotatable bonds is 5. The molecule has 3 rings (SSSR count). The summed E-state index contributed by atoms with van der Waals surface area (Å²) in [6, 6.07) is 13.8. The molecule has 0 saturated carbocycles. The molecule has 1 heterocycles. The lowest BCUT2D eigenvalue weighted by Crippen LogP contribution is -1.99. The van der Waals surface area contributed by atoms with Crippen molar-refractivity contribution in [1.82, 2.24) is 0 Å². The third kappa shape index (κ3) is 3.35. The summed E-state index contributed by atoms with van der Waals surface area (Å²) in [4.78, 5) is 10.9. The second kappa shape index (κ2) is 6.27. The van der Waals surface area contributed by atoms with Crippen molar-refractivity contribution in [3.05, 3.63) is 72.2 Å². The number of ether oxygens (including phenoxy) is 1. The van der Waals surface area contributed by atoms with E-state index in [4.69, 9.17) is 14.3 Å². The number of aromatic hydroxyl groups is 1. The molecule has 1 aromatic heterocycles. The normalized spacial score (nSPS) is 10.4. The first-order valence-corrected chi connectivity index (χ1v) is 6.94. The molecule has 0 aliphatic heterocycles. The van der Waals surface area contributed by atoms with E-state index in [0.29, 0.717) is 12.4 Å². The SMILES string of the molecule is O=C(O)c1ccc(OCc2cccc(-c3ccoc3)c2)cc1O. The molecule has 0 spiro atoms. The van der Waals surface area contributed by atoms with Gasteiger partial charge >= 0.3 is 5.97 Å². The van der Waals surface area contributed by atoms with Gasteiger partial charge in [-0.1, -0.05) is 18.2 Å². The molecule has 2 N–H and O–H groups in total. The Labute approximate surface area is 132 Å². The van der Waals surface area contributed by atoms with Crippen LogP contribution in [0, 0.1) is 0 Å². The molecule has 0 aliphatic carbocycles. The molecule has 0 atom stereocenters. The first-order chi connectivity index (χ1) is 11.1.